The number of fused-ring (bicyclic) bond motifs is 1. The number of rotatable bonds is 3. The lowest BCUT2D eigenvalue weighted by molar-refractivity contribution is -0.151. The number of aliphatic hydroxyl groups is 1. The van der Waals surface area contributed by atoms with Crippen molar-refractivity contribution in [2.45, 2.75) is 51.0 Å². The molecule has 2 aromatic rings. The van der Waals surface area contributed by atoms with Crippen molar-refractivity contribution in [1.82, 2.24) is 14.7 Å². The van der Waals surface area contributed by atoms with E-state index in [-0.39, 0.29) is 11.8 Å². The maximum atomic E-state index is 12.6. The molecule has 0 spiro atoms. The first kappa shape index (κ1) is 17.5. The van der Waals surface area contributed by atoms with Crippen LogP contribution in [-0.4, -0.2) is 44.4 Å². The number of aryl methyl sites for hydroxylation is 1. The molecule has 1 aromatic carbocycles. The lowest BCUT2D eigenvalue weighted by atomic mass is 9.71. The van der Waals surface area contributed by atoms with E-state index in [2.05, 4.69) is 30.2 Å². The molecule has 2 heterocycles. The van der Waals surface area contributed by atoms with Crippen molar-refractivity contribution in [1.29, 1.82) is 0 Å². The summed E-state index contributed by atoms with van der Waals surface area (Å²) in [4.78, 5) is 14.6. The Bertz CT molecular complexity index is 810. The highest BCUT2D eigenvalue weighted by atomic mass is 16.3. The zero-order valence-electron chi connectivity index (χ0n) is 16.0. The van der Waals surface area contributed by atoms with E-state index in [4.69, 9.17) is 0 Å². The summed E-state index contributed by atoms with van der Waals surface area (Å²) >= 11 is 0. The number of nitrogens with zero attached hydrogens (tertiary/aromatic N) is 3. The average molecular weight is 355 g/mol. The Morgan fingerprint density at radius 1 is 1.31 bits per heavy atom. The first-order valence-corrected chi connectivity index (χ1v) is 9.77. The van der Waals surface area contributed by atoms with Crippen LogP contribution in [0.5, 0.6) is 0 Å². The summed E-state index contributed by atoms with van der Waals surface area (Å²) in [6, 6.07) is 6.65. The highest BCUT2D eigenvalue weighted by Gasteiger charge is 2.44. The van der Waals surface area contributed by atoms with Gasteiger partial charge in [-0.25, -0.2) is 0 Å². The average Bonchev–Trinajstić information content (AvgIpc) is 2.99. The minimum absolute atomic E-state index is 0.0335. The van der Waals surface area contributed by atoms with Gasteiger partial charge in [-0.15, -0.1) is 0 Å². The van der Waals surface area contributed by atoms with Gasteiger partial charge < -0.3 is 10.0 Å². The molecule has 0 bridgehead atoms. The summed E-state index contributed by atoms with van der Waals surface area (Å²) in [5, 5.41) is 15.4. The molecule has 5 nitrogen and oxygen atoms in total. The topological polar surface area (TPSA) is 58.4 Å². The first-order valence-electron chi connectivity index (χ1n) is 9.77. The van der Waals surface area contributed by atoms with Crippen molar-refractivity contribution in [3.63, 3.8) is 0 Å². The standard InChI is InChI=1S/C21H29N3O2/c1-14(16-4-5-17-13-22-23(3)19(17)10-16)15-6-8-24(9-7-15)20(25)18-11-21(2,26)12-18/h4-5,10,13-15,18,26H,6-9,11-12H2,1-3H3/t14-,18?,21?/m0/s1. The van der Waals surface area contributed by atoms with Gasteiger partial charge in [0, 0.05) is 31.4 Å². The van der Waals surface area contributed by atoms with E-state index < -0.39 is 5.60 Å². The molecular weight excluding hydrogens is 326 g/mol. The Labute approximate surface area is 155 Å². The van der Waals surface area contributed by atoms with E-state index in [0.29, 0.717) is 24.7 Å². The monoisotopic (exact) mass is 355 g/mol. The Kier molecular flexibility index (Phi) is 4.30. The highest BCUT2D eigenvalue weighted by molar-refractivity contribution is 5.80. The zero-order valence-corrected chi connectivity index (χ0v) is 16.0. The molecule has 140 valence electrons. The number of hydrogen-bond donors (Lipinski definition) is 1. The number of amides is 1. The van der Waals surface area contributed by atoms with Crippen molar-refractivity contribution >= 4 is 16.8 Å². The summed E-state index contributed by atoms with van der Waals surface area (Å²) in [5.41, 5.74) is 1.91. The molecule has 5 heteroatoms. The second kappa shape index (κ2) is 6.38. The molecular formula is C21H29N3O2. The van der Waals surface area contributed by atoms with Gasteiger partial charge in [0.2, 0.25) is 5.91 Å². The third-order valence-corrected chi connectivity index (χ3v) is 6.58. The Morgan fingerprint density at radius 2 is 2.00 bits per heavy atom. The number of carbonyl (C=O) groups excluding carboxylic acids is 1. The molecule has 1 aromatic heterocycles. The van der Waals surface area contributed by atoms with Gasteiger partial charge in [-0.1, -0.05) is 19.1 Å². The summed E-state index contributed by atoms with van der Waals surface area (Å²) in [5.74, 6) is 1.37. The fraction of sp³-hybridized carbons (Fsp3) is 0.619. The molecule has 1 saturated carbocycles. The van der Waals surface area contributed by atoms with E-state index in [9.17, 15) is 9.90 Å². The van der Waals surface area contributed by atoms with Crippen LogP contribution in [0.15, 0.2) is 24.4 Å². The number of hydrogen-bond acceptors (Lipinski definition) is 3. The predicted molar refractivity (Wildman–Crippen MR) is 102 cm³/mol. The van der Waals surface area contributed by atoms with Gasteiger partial charge in [0.05, 0.1) is 17.3 Å². The Morgan fingerprint density at radius 3 is 2.65 bits per heavy atom. The van der Waals surface area contributed by atoms with Crippen molar-refractivity contribution in [2.75, 3.05) is 13.1 Å². The summed E-state index contributed by atoms with van der Waals surface area (Å²) < 4.78 is 1.93. The number of carbonyl (C=O) groups is 1. The molecule has 1 saturated heterocycles. The van der Waals surface area contributed by atoms with E-state index >= 15 is 0 Å². The van der Waals surface area contributed by atoms with E-state index in [1.807, 2.05) is 29.7 Å². The fourth-order valence-electron chi connectivity index (χ4n) is 4.77. The van der Waals surface area contributed by atoms with Crippen LogP contribution in [0.2, 0.25) is 0 Å². The van der Waals surface area contributed by atoms with Crippen LogP contribution in [0.4, 0.5) is 0 Å². The second-order valence-corrected chi connectivity index (χ2v) is 8.64. The molecule has 1 amide bonds. The van der Waals surface area contributed by atoms with Gasteiger partial charge in [-0.05, 0) is 56.1 Å². The van der Waals surface area contributed by atoms with Crippen LogP contribution in [0.1, 0.15) is 51.0 Å². The van der Waals surface area contributed by atoms with Gasteiger partial charge in [0.15, 0.2) is 0 Å². The third-order valence-electron chi connectivity index (χ3n) is 6.58. The van der Waals surface area contributed by atoms with Crippen molar-refractivity contribution in [3.05, 3.63) is 30.0 Å². The summed E-state index contributed by atoms with van der Waals surface area (Å²) in [6.45, 7) is 5.83. The molecule has 26 heavy (non-hydrogen) atoms. The van der Waals surface area contributed by atoms with Crippen LogP contribution >= 0.6 is 0 Å². The Hall–Kier alpha value is -1.88. The van der Waals surface area contributed by atoms with Crippen molar-refractivity contribution in [3.8, 4) is 0 Å². The summed E-state index contributed by atoms with van der Waals surface area (Å²) in [7, 11) is 1.98. The molecule has 0 radical (unpaired) electrons. The molecule has 0 unspecified atom stereocenters. The predicted octanol–water partition coefficient (Wildman–Crippen LogP) is 3.08. The van der Waals surface area contributed by atoms with E-state index in [0.717, 1.165) is 25.9 Å². The van der Waals surface area contributed by atoms with Gasteiger partial charge in [-0.3, -0.25) is 9.48 Å². The molecule has 4 rings (SSSR count). The number of likely N-dealkylation sites (tertiary alicyclic amines) is 1. The lowest BCUT2D eigenvalue weighted by Crippen LogP contribution is -2.51. The normalized spacial score (nSPS) is 28.2. The number of aromatic nitrogens is 2. The van der Waals surface area contributed by atoms with Crippen LogP contribution in [-0.2, 0) is 11.8 Å². The molecule has 2 aliphatic rings. The van der Waals surface area contributed by atoms with Gasteiger partial charge in [-0.2, -0.15) is 5.10 Å². The maximum absolute atomic E-state index is 12.6. The SMILES string of the molecule is C[C@H](c1ccc2cnn(C)c2c1)C1CCN(C(=O)C2CC(C)(O)C2)CC1. The third kappa shape index (κ3) is 3.13. The smallest absolute Gasteiger partial charge is 0.225 e. The lowest BCUT2D eigenvalue weighted by Gasteiger charge is -2.44. The zero-order chi connectivity index (χ0) is 18.5. The van der Waals surface area contributed by atoms with Crippen LogP contribution in [0.25, 0.3) is 10.9 Å². The molecule has 1 N–H and O–H groups in total. The minimum atomic E-state index is -0.627. The highest BCUT2D eigenvalue weighted by Crippen LogP contribution is 2.40. The van der Waals surface area contributed by atoms with E-state index in [1.165, 1.54) is 16.5 Å². The molecule has 1 aliphatic heterocycles. The minimum Gasteiger partial charge on any atom is -0.390 e. The fourth-order valence-corrected chi connectivity index (χ4v) is 4.77. The number of benzene rings is 1. The van der Waals surface area contributed by atoms with Crippen molar-refractivity contribution < 1.29 is 9.90 Å². The Balaban J connectivity index is 1.37. The maximum Gasteiger partial charge on any atom is 0.225 e. The first-order chi connectivity index (χ1) is 12.3. The number of piperidine rings is 1. The van der Waals surface area contributed by atoms with Crippen LogP contribution in [0.3, 0.4) is 0 Å². The van der Waals surface area contributed by atoms with Crippen LogP contribution < -0.4 is 0 Å². The van der Waals surface area contributed by atoms with Crippen molar-refractivity contribution in [2.24, 2.45) is 18.9 Å². The van der Waals surface area contributed by atoms with Gasteiger partial charge >= 0.3 is 0 Å². The summed E-state index contributed by atoms with van der Waals surface area (Å²) in [6.07, 6.45) is 5.25. The van der Waals surface area contributed by atoms with Gasteiger partial charge in [0.25, 0.3) is 0 Å². The molecule has 1 atom stereocenters. The molecule has 2 fully saturated rings. The quantitative estimate of drug-likeness (QED) is 0.920. The van der Waals surface area contributed by atoms with Gasteiger partial charge in [0.1, 0.15) is 0 Å². The second-order valence-electron chi connectivity index (χ2n) is 8.64. The van der Waals surface area contributed by atoms with E-state index in [1.54, 1.807) is 0 Å². The largest absolute Gasteiger partial charge is 0.390 e. The van der Waals surface area contributed by atoms with Crippen LogP contribution in [0, 0.1) is 11.8 Å². The molecule has 1 aliphatic carbocycles.